The molecule has 25 heavy (non-hydrogen) atoms. The first-order chi connectivity index (χ1) is 12.0. The Hall–Kier alpha value is -2.25. The Morgan fingerprint density at radius 3 is 2.48 bits per heavy atom. The molecule has 7 heteroatoms. The third kappa shape index (κ3) is 4.24. The molecule has 0 amide bonds. The lowest BCUT2D eigenvalue weighted by Gasteiger charge is -2.16. The number of benzene rings is 1. The maximum atomic E-state index is 12.8. The van der Waals surface area contributed by atoms with Gasteiger partial charge in [0.25, 0.3) is 5.56 Å². The van der Waals surface area contributed by atoms with Crippen LogP contribution in [-0.2, 0) is 7.05 Å². The quantitative estimate of drug-likeness (QED) is 0.608. The molecule has 0 bridgehead atoms. The molecule has 6 nitrogen and oxygen atoms in total. The van der Waals surface area contributed by atoms with Gasteiger partial charge in [-0.25, -0.2) is 0 Å². The molecule has 0 saturated carbocycles. The van der Waals surface area contributed by atoms with Crippen molar-refractivity contribution in [1.29, 1.82) is 0 Å². The summed E-state index contributed by atoms with van der Waals surface area (Å²) in [5, 5.41) is 10.3. The molecule has 0 fully saturated rings. The molecule has 0 radical (unpaired) electrons. The predicted octanol–water partition coefficient (Wildman–Crippen LogP) is 2.37. The van der Waals surface area contributed by atoms with Crippen LogP contribution >= 0.6 is 12.2 Å². The minimum atomic E-state index is -0.376. The maximum Gasteiger partial charge on any atom is 0.271 e. The van der Waals surface area contributed by atoms with Crippen LogP contribution in [0.4, 0.5) is 0 Å². The summed E-state index contributed by atoms with van der Waals surface area (Å²) in [7, 11) is 1.63. The Labute approximate surface area is 152 Å². The molecule has 1 aromatic carbocycles. The number of likely N-dealkylation sites (N-methyl/N-ethyl adjacent to an activating group) is 1. The normalized spacial score (nSPS) is 11.5. The van der Waals surface area contributed by atoms with Gasteiger partial charge in [-0.2, -0.15) is 0 Å². The van der Waals surface area contributed by atoms with Crippen LogP contribution in [0.15, 0.2) is 40.1 Å². The van der Waals surface area contributed by atoms with Crippen molar-refractivity contribution in [3.8, 4) is 11.6 Å². The first kappa shape index (κ1) is 19.1. The fraction of sp³-hybridized carbons (Fsp3) is 0.389. The summed E-state index contributed by atoms with van der Waals surface area (Å²) >= 11 is 5.33. The van der Waals surface area contributed by atoms with Gasteiger partial charge in [-0.05, 0) is 37.4 Å². The Bertz CT molecular complexity index is 852. The highest BCUT2D eigenvalue weighted by molar-refractivity contribution is 7.71. The van der Waals surface area contributed by atoms with Crippen LogP contribution in [0.1, 0.15) is 19.4 Å². The Balaban J connectivity index is 2.41. The fourth-order valence-electron chi connectivity index (χ4n) is 2.54. The van der Waals surface area contributed by atoms with Gasteiger partial charge in [0.15, 0.2) is 4.77 Å². The minimum absolute atomic E-state index is 0.138. The molecule has 0 aliphatic rings. The van der Waals surface area contributed by atoms with E-state index in [1.807, 2.05) is 18.2 Å². The third-order valence-electron chi connectivity index (χ3n) is 4.14. The van der Waals surface area contributed by atoms with E-state index < -0.39 is 0 Å². The molecule has 1 N–H and O–H groups in total. The Morgan fingerprint density at radius 2 is 1.88 bits per heavy atom. The zero-order chi connectivity index (χ0) is 18.4. The van der Waals surface area contributed by atoms with Crippen molar-refractivity contribution in [3.05, 3.63) is 51.0 Å². The van der Waals surface area contributed by atoms with Gasteiger partial charge in [0.05, 0.1) is 12.2 Å². The van der Waals surface area contributed by atoms with Gasteiger partial charge in [0.2, 0.25) is 5.88 Å². The summed E-state index contributed by atoms with van der Waals surface area (Å²) in [4.78, 5) is 19.4. The van der Waals surface area contributed by atoms with Crippen molar-refractivity contribution in [2.75, 3.05) is 26.2 Å². The number of aliphatic imine (C=N–C) groups is 1. The summed E-state index contributed by atoms with van der Waals surface area (Å²) < 4.78 is 3.05. The third-order valence-corrected chi connectivity index (χ3v) is 4.60. The molecule has 2 rings (SSSR count). The fourth-order valence-corrected chi connectivity index (χ4v) is 2.81. The zero-order valence-corrected chi connectivity index (χ0v) is 15.7. The van der Waals surface area contributed by atoms with Gasteiger partial charge in [-0.15, -0.1) is 0 Å². The molecular formula is C18H24N4O2S. The second kappa shape index (κ2) is 8.73. The van der Waals surface area contributed by atoms with E-state index in [0.29, 0.717) is 12.2 Å². The molecule has 2 aromatic rings. The highest BCUT2D eigenvalue weighted by Gasteiger charge is 2.14. The Kier molecular flexibility index (Phi) is 6.66. The lowest BCUT2D eigenvalue weighted by molar-refractivity contribution is 0.313. The minimum Gasteiger partial charge on any atom is -0.494 e. The second-order valence-corrected chi connectivity index (χ2v) is 5.98. The van der Waals surface area contributed by atoms with E-state index in [4.69, 9.17) is 12.2 Å². The number of hydrogen-bond acceptors (Lipinski definition) is 5. The van der Waals surface area contributed by atoms with Crippen LogP contribution in [0.25, 0.3) is 5.69 Å². The van der Waals surface area contributed by atoms with Gasteiger partial charge in [0.1, 0.15) is 5.56 Å². The molecule has 134 valence electrons. The van der Waals surface area contributed by atoms with Crippen molar-refractivity contribution in [2.24, 2.45) is 12.0 Å². The van der Waals surface area contributed by atoms with Crippen LogP contribution < -0.4 is 5.56 Å². The van der Waals surface area contributed by atoms with Crippen molar-refractivity contribution < 1.29 is 5.11 Å². The van der Waals surface area contributed by atoms with Crippen molar-refractivity contribution in [2.45, 2.75) is 13.8 Å². The van der Waals surface area contributed by atoms with Gasteiger partial charge in [-0.3, -0.25) is 18.9 Å². The molecular weight excluding hydrogens is 336 g/mol. The van der Waals surface area contributed by atoms with E-state index in [9.17, 15) is 9.90 Å². The SMILES string of the molecule is CCN(CC)CCN=Cc1c(O)n(C)c(=S)n(-c2ccccc2)c1=O. The number of para-hydroxylation sites is 1. The van der Waals surface area contributed by atoms with Crippen LogP contribution in [0.2, 0.25) is 0 Å². The molecule has 0 aliphatic heterocycles. The van der Waals surface area contributed by atoms with Crippen LogP contribution in [-0.4, -0.2) is 51.5 Å². The number of rotatable bonds is 7. The predicted molar refractivity (Wildman–Crippen MR) is 104 cm³/mol. The van der Waals surface area contributed by atoms with Gasteiger partial charge in [-0.1, -0.05) is 32.0 Å². The number of aromatic nitrogens is 2. The molecule has 0 spiro atoms. The maximum absolute atomic E-state index is 12.8. The summed E-state index contributed by atoms with van der Waals surface area (Å²) in [6, 6.07) is 9.14. The summed E-state index contributed by atoms with van der Waals surface area (Å²) in [5.41, 5.74) is 0.420. The standard InChI is InChI=1S/C18H24N4O2S/c1-4-21(5-2)12-11-19-13-15-16(23)20(3)18(25)22(17(15)24)14-9-7-6-8-10-14/h6-10,13,23H,4-5,11-12H2,1-3H3. The lowest BCUT2D eigenvalue weighted by Crippen LogP contribution is -2.27. The van der Waals surface area contributed by atoms with Crippen LogP contribution in [0.5, 0.6) is 5.88 Å². The van der Waals surface area contributed by atoms with E-state index in [1.54, 1.807) is 19.2 Å². The number of hydrogen-bond donors (Lipinski definition) is 1. The molecule has 0 aliphatic carbocycles. The van der Waals surface area contributed by atoms with E-state index in [2.05, 4.69) is 23.7 Å². The lowest BCUT2D eigenvalue weighted by atomic mass is 10.3. The average molecular weight is 360 g/mol. The van der Waals surface area contributed by atoms with Crippen molar-refractivity contribution >= 4 is 18.4 Å². The first-order valence-electron chi connectivity index (χ1n) is 8.33. The van der Waals surface area contributed by atoms with Crippen LogP contribution in [0.3, 0.4) is 0 Å². The van der Waals surface area contributed by atoms with Crippen molar-refractivity contribution in [1.82, 2.24) is 14.0 Å². The Morgan fingerprint density at radius 1 is 1.24 bits per heavy atom. The second-order valence-electron chi connectivity index (χ2n) is 5.62. The first-order valence-corrected chi connectivity index (χ1v) is 8.74. The van der Waals surface area contributed by atoms with Gasteiger partial charge < -0.3 is 10.0 Å². The zero-order valence-electron chi connectivity index (χ0n) is 14.8. The largest absolute Gasteiger partial charge is 0.494 e. The highest BCUT2D eigenvalue weighted by Crippen LogP contribution is 2.14. The van der Waals surface area contributed by atoms with Gasteiger partial charge >= 0.3 is 0 Å². The monoisotopic (exact) mass is 360 g/mol. The summed E-state index contributed by atoms with van der Waals surface area (Å²) in [6.07, 6.45) is 1.44. The number of aromatic hydroxyl groups is 1. The summed E-state index contributed by atoms with van der Waals surface area (Å²) in [6.45, 7) is 7.47. The van der Waals surface area contributed by atoms with E-state index in [1.165, 1.54) is 15.3 Å². The van der Waals surface area contributed by atoms with E-state index in [-0.39, 0.29) is 21.8 Å². The van der Waals surface area contributed by atoms with E-state index in [0.717, 1.165) is 19.6 Å². The van der Waals surface area contributed by atoms with Crippen LogP contribution in [0, 0.1) is 4.77 Å². The molecule has 0 saturated heterocycles. The van der Waals surface area contributed by atoms with Crippen molar-refractivity contribution in [3.63, 3.8) is 0 Å². The molecule has 0 atom stereocenters. The molecule has 1 heterocycles. The van der Waals surface area contributed by atoms with Gasteiger partial charge in [0, 0.05) is 19.8 Å². The van der Waals surface area contributed by atoms with E-state index >= 15 is 0 Å². The summed E-state index contributed by atoms with van der Waals surface area (Å²) in [5.74, 6) is -0.172. The molecule has 0 unspecified atom stereocenters. The topological polar surface area (TPSA) is 62.8 Å². The smallest absolute Gasteiger partial charge is 0.271 e. The molecule has 1 aromatic heterocycles. The highest BCUT2D eigenvalue weighted by atomic mass is 32.1. The number of nitrogens with zero attached hydrogens (tertiary/aromatic N) is 4. The average Bonchev–Trinajstić information content (AvgIpc) is 2.63.